The lowest BCUT2D eigenvalue weighted by Crippen LogP contribution is -2.29. The first-order chi connectivity index (χ1) is 16.8. The number of aliphatic hydroxyl groups is 1. The highest BCUT2D eigenvalue weighted by molar-refractivity contribution is 6.52. The predicted molar refractivity (Wildman–Crippen MR) is 134 cm³/mol. The van der Waals surface area contributed by atoms with E-state index in [4.69, 9.17) is 25.8 Å². The molecule has 0 aliphatic carbocycles. The number of rotatable bonds is 6. The molecule has 3 aromatic rings. The van der Waals surface area contributed by atoms with Crippen LogP contribution in [-0.2, 0) is 9.59 Å². The van der Waals surface area contributed by atoms with Crippen LogP contribution in [0.1, 0.15) is 22.7 Å². The van der Waals surface area contributed by atoms with E-state index in [1.54, 1.807) is 60.7 Å². The molecule has 180 valence electrons. The number of benzene rings is 3. The minimum Gasteiger partial charge on any atom is -0.507 e. The number of aliphatic hydroxyl groups excluding tert-OH is 1. The van der Waals surface area contributed by atoms with Gasteiger partial charge in [0.15, 0.2) is 0 Å². The molecule has 4 rings (SSSR count). The molecule has 0 radical (unpaired) electrons. The van der Waals surface area contributed by atoms with Crippen LogP contribution in [-0.4, -0.2) is 38.1 Å². The summed E-state index contributed by atoms with van der Waals surface area (Å²) in [6.07, 6.45) is 0. The van der Waals surface area contributed by atoms with E-state index in [0.29, 0.717) is 27.8 Å². The lowest BCUT2D eigenvalue weighted by molar-refractivity contribution is -0.132. The number of methoxy groups -OCH3 is 3. The van der Waals surface area contributed by atoms with Gasteiger partial charge in [-0.2, -0.15) is 0 Å². The van der Waals surface area contributed by atoms with Gasteiger partial charge in [-0.1, -0.05) is 29.8 Å². The van der Waals surface area contributed by atoms with Crippen LogP contribution in [0.3, 0.4) is 0 Å². The van der Waals surface area contributed by atoms with Crippen molar-refractivity contribution < 1.29 is 28.9 Å². The number of halogens is 1. The van der Waals surface area contributed by atoms with Gasteiger partial charge in [0.05, 0.1) is 38.5 Å². The Kier molecular flexibility index (Phi) is 6.71. The van der Waals surface area contributed by atoms with E-state index in [0.717, 1.165) is 5.56 Å². The van der Waals surface area contributed by atoms with Gasteiger partial charge in [0.2, 0.25) is 0 Å². The van der Waals surface area contributed by atoms with Crippen LogP contribution in [0.5, 0.6) is 17.2 Å². The smallest absolute Gasteiger partial charge is 0.300 e. The van der Waals surface area contributed by atoms with Crippen molar-refractivity contribution in [2.45, 2.75) is 13.0 Å². The van der Waals surface area contributed by atoms with Gasteiger partial charge in [0, 0.05) is 16.8 Å². The van der Waals surface area contributed by atoms with Crippen LogP contribution in [0.25, 0.3) is 5.76 Å². The molecular weight excluding hydrogens is 470 g/mol. The van der Waals surface area contributed by atoms with Gasteiger partial charge in [-0.05, 0) is 54.4 Å². The standard InChI is InChI=1S/C27H24ClNO6/c1-15-8-9-17(13-21(15)28)29-24(16-6-5-7-18(12-16)33-2)23(26(31)27(29)32)25(30)20-11-10-19(34-3)14-22(20)35-4/h5-14,24,30H,1-4H3/b25-23-. The number of aryl methyl sites for hydroxylation is 1. The highest BCUT2D eigenvalue weighted by Gasteiger charge is 2.47. The quantitative estimate of drug-likeness (QED) is 0.285. The summed E-state index contributed by atoms with van der Waals surface area (Å²) in [5, 5.41) is 11.9. The number of anilines is 1. The monoisotopic (exact) mass is 493 g/mol. The van der Waals surface area contributed by atoms with Crippen molar-refractivity contribution in [3.05, 3.63) is 87.9 Å². The molecule has 1 aliphatic rings. The molecule has 1 fully saturated rings. The maximum atomic E-state index is 13.4. The van der Waals surface area contributed by atoms with Gasteiger partial charge in [-0.3, -0.25) is 14.5 Å². The number of carbonyl (C=O) groups excluding carboxylic acids is 2. The second-order valence-electron chi connectivity index (χ2n) is 7.95. The first-order valence-electron chi connectivity index (χ1n) is 10.7. The molecule has 1 amide bonds. The molecule has 1 aliphatic heterocycles. The molecule has 1 unspecified atom stereocenters. The number of carbonyl (C=O) groups is 2. The molecule has 1 N–H and O–H groups in total. The zero-order valence-electron chi connectivity index (χ0n) is 19.7. The molecule has 1 saturated heterocycles. The van der Waals surface area contributed by atoms with Gasteiger partial charge in [0.1, 0.15) is 23.0 Å². The zero-order valence-corrected chi connectivity index (χ0v) is 20.4. The van der Waals surface area contributed by atoms with Crippen molar-refractivity contribution >= 4 is 34.7 Å². The molecule has 1 heterocycles. The molecule has 3 aromatic carbocycles. The van der Waals surface area contributed by atoms with Crippen molar-refractivity contribution in [2.75, 3.05) is 26.2 Å². The predicted octanol–water partition coefficient (Wildman–Crippen LogP) is 5.30. The van der Waals surface area contributed by atoms with E-state index < -0.39 is 17.7 Å². The number of ether oxygens (including phenoxy) is 3. The minimum absolute atomic E-state index is 0.0802. The lowest BCUT2D eigenvalue weighted by Gasteiger charge is -2.26. The Morgan fingerprint density at radius 1 is 0.914 bits per heavy atom. The van der Waals surface area contributed by atoms with E-state index >= 15 is 0 Å². The summed E-state index contributed by atoms with van der Waals surface area (Å²) in [6.45, 7) is 1.84. The second-order valence-corrected chi connectivity index (χ2v) is 8.35. The van der Waals surface area contributed by atoms with Crippen LogP contribution >= 0.6 is 11.6 Å². The van der Waals surface area contributed by atoms with E-state index in [1.165, 1.54) is 26.2 Å². The largest absolute Gasteiger partial charge is 0.507 e. The summed E-state index contributed by atoms with van der Waals surface area (Å²) in [5.74, 6) is -0.640. The third-order valence-electron chi connectivity index (χ3n) is 5.95. The fourth-order valence-electron chi connectivity index (χ4n) is 4.10. The Morgan fingerprint density at radius 2 is 1.63 bits per heavy atom. The third kappa shape index (κ3) is 4.31. The molecule has 7 nitrogen and oxygen atoms in total. The van der Waals surface area contributed by atoms with Gasteiger partial charge in [-0.25, -0.2) is 0 Å². The van der Waals surface area contributed by atoms with Crippen molar-refractivity contribution in [3.63, 3.8) is 0 Å². The SMILES string of the molecule is COc1cccc(C2/C(=C(/O)c3ccc(OC)cc3OC)C(=O)C(=O)N2c2ccc(C)c(Cl)c2)c1. The van der Waals surface area contributed by atoms with Crippen molar-refractivity contribution in [2.24, 2.45) is 0 Å². The normalized spacial score (nSPS) is 16.9. The Labute approximate surface area is 208 Å². The fraction of sp³-hybridized carbons (Fsp3) is 0.185. The summed E-state index contributed by atoms with van der Waals surface area (Å²) in [6, 6.07) is 16.0. The maximum absolute atomic E-state index is 13.4. The molecular formula is C27H24ClNO6. The maximum Gasteiger partial charge on any atom is 0.300 e. The topological polar surface area (TPSA) is 85.3 Å². The molecule has 0 bridgehead atoms. The van der Waals surface area contributed by atoms with Crippen molar-refractivity contribution in [3.8, 4) is 17.2 Å². The molecule has 35 heavy (non-hydrogen) atoms. The van der Waals surface area contributed by atoms with Crippen molar-refractivity contribution in [1.29, 1.82) is 0 Å². The number of Topliss-reactive ketones (excluding diaryl/α,β-unsaturated/α-hetero) is 1. The summed E-state index contributed by atoms with van der Waals surface area (Å²) in [4.78, 5) is 28.1. The highest BCUT2D eigenvalue weighted by atomic mass is 35.5. The number of hydrogen-bond donors (Lipinski definition) is 1. The second kappa shape index (κ2) is 9.72. The van der Waals surface area contributed by atoms with Crippen LogP contribution in [0.2, 0.25) is 5.02 Å². The first kappa shape index (κ1) is 24.2. The van der Waals surface area contributed by atoms with E-state index in [-0.39, 0.29) is 22.6 Å². The number of ketones is 1. The molecule has 0 spiro atoms. The molecule has 8 heteroatoms. The first-order valence-corrected chi connectivity index (χ1v) is 11.1. The van der Waals surface area contributed by atoms with Crippen LogP contribution in [0.15, 0.2) is 66.2 Å². The zero-order chi connectivity index (χ0) is 25.3. The number of nitrogens with zero attached hydrogens (tertiary/aromatic N) is 1. The Morgan fingerprint density at radius 3 is 2.29 bits per heavy atom. The summed E-state index contributed by atoms with van der Waals surface area (Å²) in [5.41, 5.74) is 2.00. The third-order valence-corrected chi connectivity index (χ3v) is 6.36. The lowest BCUT2D eigenvalue weighted by atomic mass is 9.94. The molecule has 0 aromatic heterocycles. The fourth-order valence-corrected chi connectivity index (χ4v) is 4.27. The van der Waals surface area contributed by atoms with Gasteiger partial charge >= 0.3 is 0 Å². The summed E-state index contributed by atoms with van der Waals surface area (Å²) < 4.78 is 16.0. The van der Waals surface area contributed by atoms with Gasteiger partial charge < -0.3 is 19.3 Å². The Bertz CT molecular complexity index is 1350. The Balaban J connectivity index is 1.98. The summed E-state index contributed by atoms with van der Waals surface area (Å²) >= 11 is 6.35. The number of hydrogen-bond acceptors (Lipinski definition) is 6. The van der Waals surface area contributed by atoms with Gasteiger partial charge in [-0.15, -0.1) is 0 Å². The minimum atomic E-state index is -0.935. The van der Waals surface area contributed by atoms with E-state index in [9.17, 15) is 14.7 Å². The van der Waals surface area contributed by atoms with Crippen LogP contribution < -0.4 is 19.1 Å². The molecule has 1 atom stereocenters. The average molecular weight is 494 g/mol. The van der Waals surface area contributed by atoms with E-state index in [2.05, 4.69) is 0 Å². The Hall–Kier alpha value is -3.97. The van der Waals surface area contributed by atoms with Gasteiger partial charge in [0.25, 0.3) is 11.7 Å². The van der Waals surface area contributed by atoms with Crippen LogP contribution in [0.4, 0.5) is 5.69 Å². The average Bonchev–Trinajstić information content (AvgIpc) is 3.15. The highest BCUT2D eigenvalue weighted by Crippen LogP contribution is 2.44. The van der Waals surface area contributed by atoms with Crippen LogP contribution in [0, 0.1) is 6.92 Å². The van der Waals surface area contributed by atoms with E-state index in [1.807, 2.05) is 6.92 Å². The summed E-state index contributed by atoms with van der Waals surface area (Å²) in [7, 11) is 4.48. The molecule has 0 saturated carbocycles. The number of amides is 1. The van der Waals surface area contributed by atoms with Crippen molar-refractivity contribution in [1.82, 2.24) is 0 Å².